The quantitative estimate of drug-likeness (QED) is 0.789. The van der Waals surface area contributed by atoms with Crippen molar-refractivity contribution in [2.24, 2.45) is 0 Å². The first-order chi connectivity index (χ1) is 9.95. The highest BCUT2D eigenvalue weighted by molar-refractivity contribution is 7.88. The zero-order valence-corrected chi connectivity index (χ0v) is 13.5. The zero-order chi connectivity index (χ0) is 15.3. The van der Waals surface area contributed by atoms with Gasteiger partial charge >= 0.3 is 0 Å². The highest BCUT2D eigenvalue weighted by Crippen LogP contribution is 2.18. The third kappa shape index (κ3) is 5.56. The number of sulfonamides is 1. The van der Waals surface area contributed by atoms with Crippen LogP contribution in [0.2, 0.25) is 0 Å². The van der Waals surface area contributed by atoms with Crippen LogP contribution in [-0.2, 0) is 19.6 Å². The maximum Gasteiger partial charge on any atom is 0.235 e. The molecule has 1 unspecified atom stereocenters. The van der Waals surface area contributed by atoms with Crippen molar-refractivity contribution in [3.63, 3.8) is 0 Å². The second-order valence-corrected chi connectivity index (χ2v) is 8.08. The average molecular weight is 318 g/mol. The van der Waals surface area contributed by atoms with Gasteiger partial charge in [-0.2, -0.15) is 4.31 Å². The molecule has 0 aromatic rings. The van der Waals surface area contributed by atoms with Crippen LogP contribution in [-0.4, -0.2) is 56.7 Å². The predicted molar refractivity (Wildman–Crippen MR) is 80.4 cm³/mol. The van der Waals surface area contributed by atoms with Crippen LogP contribution in [0.15, 0.2) is 0 Å². The molecule has 1 saturated heterocycles. The number of ether oxygens (including phenoxy) is 1. The highest BCUT2D eigenvalue weighted by Gasteiger charge is 2.27. The summed E-state index contributed by atoms with van der Waals surface area (Å²) in [5.41, 5.74) is 0. The minimum absolute atomic E-state index is 0.0813. The number of hydrogen-bond donors (Lipinski definition) is 1. The molecule has 0 radical (unpaired) electrons. The Labute approximate surface area is 127 Å². The third-order valence-corrected chi connectivity index (χ3v) is 5.41. The molecule has 2 rings (SSSR count). The van der Waals surface area contributed by atoms with E-state index in [0.717, 1.165) is 44.8 Å². The lowest BCUT2D eigenvalue weighted by molar-refractivity contribution is -0.122. The molecule has 122 valence electrons. The molecule has 6 nitrogen and oxygen atoms in total. The summed E-state index contributed by atoms with van der Waals surface area (Å²) in [7, 11) is -3.40. The van der Waals surface area contributed by atoms with E-state index in [1.54, 1.807) is 0 Å². The van der Waals surface area contributed by atoms with Crippen molar-refractivity contribution in [2.75, 3.05) is 26.0 Å². The van der Waals surface area contributed by atoms with E-state index in [4.69, 9.17) is 4.74 Å². The van der Waals surface area contributed by atoms with Gasteiger partial charge in [0.15, 0.2) is 0 Å². The first-order valence-corrected chi connectivity index (χ1v) is 9.66. The molecule has 0 bridgehead atoms. The lowest BCUT2D eigenvalue weighted by Crippen LogP contribution is -2.46. The molecular weight excluding hydrogens is 292 g/mol. The van der Waals surface area contributed by atoms with Gasteiger partial charge in [0.2, 0.25) is 15.9 Å². The van der Waals surface area contributed by atoms with Crippen molar-refractivity contribution in [1.82, 2.24) is 9.62 Å². The van der Waals surface area contributed by atoms with Crippen molar-refractivity contribution in [3.8, 4) is 0 Å². The lowest BCUT2D eigenvalue weighted by Gasteiger charge is -2.26. The third-order valence-electron chi connectivity index (χ3n) is 4.19. The standard InChI is InChI=1S/C14H26N2O4S/c1-21(18,19)16(10-13-8-5-9-20-13)11-14(17)15-12-6-3-2-4-7-12/h12-13H,2-11H2,1H3,(H,15,17). The molecule has 1 saturated carbocycles. The number of nitrogens with one attached hydrogen (secondary N) is 1. The summed E-state index contributed by atoms with van der Waals surface area (Å²) < 4.78 is 30.4. The zero-order valence-electron chi connectivity index (χ0n) is 12.7. The molecule has 1 atom stereocenters. The SMILES string of the molecule is CS(=O)(=O)N(CC(=O)NC1CCCCC1)CC1CCCO1. The number of carbonyl (C=O) groups is 1. The van der Waals surface area contributed by atoms with Crippen LogP contribution < -0.4 is 5.32 Å². The molecule has 0 spiro atoms. The number of nitrogens with zero attached hydrogens (tertiary/aromatic N) is 1. The fraction of sp³-hybridized carbons (Fsp3) is 0.929. The van der Waals surface area contributed by atoms with Gasteiger partial charge in [-0.15, -0.1) is 0 Å². The van der Waals surface area contributed by atoms with Crippen molar-refractivity contribution in [3.05, 3.63) is 0 Å². The van der Waals surface area contributed by atoms with Crippen LogP contribution in [0, 0.1) is 0 Å². The van der Waals surface area contributed by atoms with Gasteiger partial charge in [-0.3, -0.25) is 4.79 Å². The van der Waals surface area contributed by atoms with Gasteiger partial charge in [0, 0.05) is 19.2 Å². The molecule has 2 aliphatic rings. The first-order valence-electron chi connectivity index (χ1n) is 7.81. The fourth-order valence-electron chi connectivity index (χ4n) is 3.01. The van der Waals surface area contributed by atoms with Crippen LogP contribution in [0.3, 0.4) is 0 Å². The van der Waals surface area contributed by atoms with E-state index in [-0.39, 0.29) is 31.1 Å². The topological polar surface area (TPSA) is 75.7 Å². The minimum Gasteiger partial charge on any atom is -0.377 e. The van der Waals surface area contributed by atoms with Crippen molar-refractivity contribution in [2.45, 2.75) is 57.1 Å². The van der Waals surface area contributed by atoms with Crippen LogP contribution in [0.5, 0.6) is 0 Å². The molecule has 2 fully saturated rings. The van der Waals surface area contributed by atoms with E-state index in [9.17, 15) is 13.2 Å². The van der Waals surface area contributed by atoms with Gasteiger partial charge in [0.05, 0.1) is 18.9 Å². The molecule has 7 heteroatoms. The summed E-state index contributed by atoms with van der Waals surface area (Å²) in [5, 5.41) is 2.96. The minimum atomic E-state index is -3.40. The van der Waals surface area contributed by atoms with Gasteiger partial charge in [-0.05, 0) is 25.7 Å². The Balaban J connectivity index is 1.86. The molecule has 21 heavy (non-hydrogen) atoms. The Bertz CT molecular complexity index is 440. The molecule has 1 amide bonds. The van der Waals surface area contributed by atoms with Gasteiger partial charge in [-0.25, -0.2) is 8.42 Å². The maximum atomic E-state index is 12.1. The molecular formula is C14H26N2O4S. The van der Waals surface area contributed by atoms with Crippen molar-refractivity contribution in [1.29, 1.82) is 0 Å². The molecule has 0 aromatic carbocycles. The Morgan fingerprint density at radius 2 is 1.90 bits per heavy atom. The summed E-state index contributed by atoms with van der Waals surface area (Å²) in [6, 6.07) is 0.204. The average Bonchev–Trinajstić information content (AvgIpc) is 2.91. The largest absolute Gasteiger partial charge is 0.377 e. The molecule has 0 aromatic heterocycles. The van der Waals surface area contributed by atoms with E-state index in [1.807, 2.05) is 0 Å². The van der Waals surface area contributed by atoms with Gasteiger partial charge in [-0.1, -0.05) is 19.3 Å². The summed E-state index contributed by atoms with van der Waals surface area (Å²) >= 11 is 0. The van der Waals surface area contributed by atoms with Gasteiger partial charge in [0.1, 0.15) is 0 Å². The Morgan fingerprint density at radius 1 is 1.19 bits per heavy atom. The molecule has 1 aliphatic heterocycles. The van der Waals surface area contributed by atoms with Gasteiger partial charge < -0.3 is 10.1 Å². The summed E-state index contributed by atoms with van der Waals surface area (Å²) in [6.07, 6.45) is 8.37. The van der Waals surface area contributed by atoms with E-state index >= 15 is 0 Å². The monoisotopic (exact) mass is 318 g/mol. The Kier molecular flexibility index (Phi) is 6.01. The molecule has 1 N–H and O–H groups in total. The lowest BCUT2D eigenvalue weighted by atomic mass is 9.95. The second-order valence-electron chi connectivity index (χ2n) is 6.09. The smallest absolute Gasteiger partial charge is 0.235 e. The summed E-state index contributed by atoms with van der Waals surface area (Å²) in [4.78, 5) is 12.1. The Morgan fingerprint density at radius 3 is 2.48 bits per heavy atom. The van der Waals surface area contributed by atoms with E-state index in [0.29, 0.717) is 6.61 Å². The van der Waals surface area contributed by atoms with Crippen LogP contribution in [0.1, 0.15) is 44.9 Å². The molecule has 1 heterocycles. The number of rotatable bonds is 6. The van der Waals surface area contributed by atoms with E-state index in [2.05, 4.69) is 5.32 Å². The predicted octanol–water partition coefficient (Wildman–Crippen LogP) is 0.876. The number of amides is 1. The second kappa shape index (κ2) is 7.56. The maximum absolute atomic E-state index is 12.1. The van der Waals surface area contributed by atoms with Crippen LogP contribution in [0.25, 0.3) is 0 Å². The normalized spacial score (nSPS) is 24.4. The molecule has 1 aliphatic carbocycles. The van der Waals surface area contributed by atoms with Crippen molar-refractivity contribution < 1.29 is 17.9 Å². The number of hydrogen-bond acceptors (Lipinski definition) is 4. The van der Waals surface area contributed by atoms with Crippen LogP contribution >= 0.6 is 0 Å². The fourth-order valence-corrected chi connectivity index (χ4v) is 3.80. The van der Waals surface area contributed by atoms with Crippen molar-refractivity contribution >= 4 is 15.9 Å². The van der Waals surface area contributed by atoms with Gasteiger partial charge in [0.25, 0.3) is 0 Å². The van der Waals surface area contributed by atoms with Crippen LogP contribution in [0.4, 0.5) is 0 Å². The first kappa shape index (κ1) is 16.7. The summed E-state index contributed by atoms with van der Waals surface area (Å²) in [6.45, 7) is 0.850. The van der Waals surface area contributed by atoms with E-state index in [1.165, 1.54) is 10.7 Å². The summed E-state index contributed by atoms with van der Waals surface area (Å²) in [5.74, 6) is -0.203. The highest BCUT2D eigenvalue weighted by atomic mass is 32.2. The van der Waals surface area contributed by atoms with E-state index < -0.39 is 10.0 Å². The Hall–Kier alpha value is -0.660. The number of carbonyl (C=O) groups excluding carboxylic acids is 1.